The average molecular weight is 271 g/mol. The second-order valence-corrected chi connectivity index (χ2v) is 5.98. The van der Waals surface area contributed by atoms with E-state index in [1.165, 1.54) is 0 Å². The Kier molecular flexibility index (Phi) is 4.09. The van der Waals surface area contributed by atoms with Crippen LogP contribution in [-0.4, -0.2) is 10.1 Å². The van der Waals surface area contributed by atoms with Gasteiger partial charge in [0.2, 0.25) is 5.88 Å². The molecule has 1 aromatic carbocycles. The molecule has 0 bridgehead atoms. The van der Waals surface area contributed by atoms with Crippen LogP contribution in [0.5, 0.6) is 11.6 Å². The number of aliphatic hydroxyl groups is 1. The lowest BCUT2D eigenvalue weighted by Gasteiger charge is -2.23. The molecule has 0 atom stereocenters. The molecule has 0 fully saturated rings. The maximum atomic E-state index is 9.36. The summed E-state index contributed by atoms with van der Waals surface area (Å²) in [5.74, 6) is 1.26. The Bertz CT molecular complexity index is 600. The fourth-order valence-corrected chi connectivity index (χ4v) is 2.07. The SMILES string of the molecule is Cc1ccc(C(C)(C)C)c(Oc2ncccc2CO)c1. The number of nitrogens with zero attached hydrogens (tertiary/aromatic N) is 1. The third-order valence-corrected chi connectivity index (χ3v) is 3.17. The monoisotopic (exact) mass is 271 g/mol. The number of aryl methyl sites for hydroxylation is 1. The van der Waals surface area contributed by atoms with Gasteiger partial charge in [-0.25, -0.2) is 4.98 Å². The molecule has 1 heterocycles. The van der Waals surface area contributed by atoms with Crippen LogP contribution >= 0.6 is 0 Å². The fourth-order valence-electron chi connectivity index (χ4n) is 2.07. The molecule has 0 aliphatic rings. The van der Waals surface area contributed by atoms with Gasteiger partial charge in [0.15, 0.2) is 0 Å². The molecule has 0 aliphatic heterocycles. The van der Waals surface area contributed by atoms with E-state index in [0.29, 0.717) is 11.4 Å². The Balaban J connectivity index is 2.45. The highest BCUT2D eigenvalue weighted by Gasteiger charge is 2.20. The Labute approximate surface area is 120 Å². The van der Waals surface area contributed by atoms with Crippen molar-refractivity contribution in [3.63, 3.8) is 0 Å². The highest BCUT2D eigenvalue weighted by atomic mass is 16.5. The van der Waals surface area contributed by atoms with Crippen molar-refractivity contribution < 1.29 is 9.84 Å². The van der Waals surface area contributed by atoms with Crippen LogP contribution in [0.25, 0.3) is 0 Å². The van der Waals surface area contributed by atoms with E-state index in [2.05, 4.69) is 37.9 Å². The van der Waals surface area contributed by atoms with Gasteiger partial charge in [-0.3, -0.25) is 0 Å². The van der Waals surface area contributed by atoms with Gasteiger partial charge in [0.1, 0.15) is 5.75 Å². The molecule has 106 valence electrons. The molecule has 0 saturated carbocycles. The van der Waals surface area contributed by atoms with E-state index in [1.807, 2.05) is 19.1 Å². The molecule has 1 aromatic heterocycles. The summed E-state index contributed by atoms with van der Waals surface area (Å²) in [6.07, 6.45) is 1.67. The van der Waals surface area contributed by atoms with E-state index >= 15 is 0 Å². The number of ether oxygens (including phenoxy) is 1. The minimum Gasteiger partial charge on any atom is -0.438 e. The van der Waals surface area contributed by atoms with E-state index in [4.69, 9.17) is 4.74 Å². The zero-order valence-corrected chi connectivity index (χ0v) is 12.5. The van der Waals surface area contributed by atoms with Crippen molar-refractivity contribution in [3.8, 4) is 11.6 Å². The van der Waals surface area contributed by atoms with E-state index < -0.39 is 0 Å². The molecule has 0 spiro atoms. The van der Waals surface area contributed by atoms with Gasteiger partial charge in [-0.1, -0.05) is 32.9 Å². The maximum Gasteiger partial charge on any atom is 0.224 e. The maximum absolute atomic E-state index is 9.36. The number of benzene rings is 1. The minimum atomic E-state index is -0.0835. The predicted octanol–water partition coefficient (Wildman–Crippen LogP) is 3.97. The van der Waals surface area contributed by atoms with Gasteiger partial charge >= 0.3 is 0 Å². The quantitative estimate of drug-likeness (QED) is 0.918. The summed E-state index contributed by atoms with van der Waals surface area (Å²) in [5, 5.41) is 9.36. The van der Waals surface area contributed by atoms with Crippen molar-refractivity contribution in [2.75, 3.05) is 0 Å². The zero-order chi connectivity index (χ0) is 14.8. The Morgan fingerprint density at radius 3 is 2.60 bits per heavy atom. The van der Waals surface area contributed by atoms with Gasteiger partial charge in [0.25, 0.3) is 0 Å². The summed E-state index contributed by atoms with van der Waals surface area (Å²) in [5.41, 5.74) is 2.93. The number of pyridine rings is 1. The smallest absolute Gasteiger partial charge is 0.224 e. The zero-order valence-electron chi connectivity index (χ0n) is 12.5. The molecule has 0 aliphatic carbocycles. The first-order valence-electron chi connectivity index (χ1n) is 6.75. The molecule has 20 heavy (non-hydrogen) atoms. The number of hydrogen-bond acceptors (Lipinski definition) is 3. The van der Waals surface area contributed by atoms with E-state index in [1.54, 1.807) is 12.3 Å². The Hall–Kier alpha value is -1.87. The molecule has 0 amide bonds. The Morgan fingerprint density at radius 1 is 1.20 bits per heavy atom. The van der Waals surface area contributed by atoms with Crippen molar-refractivity contribution in [3.05, 3.63) is 53.2 Å². The van der Waals surface area contributed by atoms with Crippen molar-refractivity contribution in [1.29, 1.82) is 0 Å². The molecular weight excluding hydrogens is 250 g/mol. The number of aromatic nitrogens is 1. The molecular formula is C17H21NO2. The second-order valence-electron chi connectivity index (χ2n) is 5.98. The van der Waals surface area contributed by atoms with Crippen LogP contribution in [0.4, 0.5) is 0 Å². The third kappa shape index (κ3) is 3.17. The second kappa shape index (κ2) is 5.63. The molecule has 2 rings (SSSR count). The standard InChI is InChI=1S/C17H21NO2/c1-12-7-8-14(17(2,3)4)15(10-12)20-16-13(11-19)6-5-9-18-16/h5-10,19H,11H2,1-4H3. The van der Waals surface area contributed by atoms with Gasteiger partial charge in [-0.2, -0.15) is 0 Å². The summed E-state index contributed by atoms with van der Waals surface area (Å²) in [7, 11) is 0. The van der Waals surface area contributed by atoms with Crippen molar-refractivity contribution in [1.82, 2.24) is 4.98 Å². The molecule has 1 N–H and O–H groups in total. The summed E-state index contributed by atoms with van der Waals surface area (Å²) < 4.78 is 5.97. The van der Waals surface area contributed by atoms with Crippen molar-refractivity contribution in [2.45, 2.75) is 39.7 Å². The van der Waals surface area contributed by atoms with Crippen LogP contribution in [0.1, 0.15) is 37.5 Å². The lowest BCUT2D eigenvalue weighted by molar-refractivity contribution is 0.274. The summed E-state index contributed by atoms with van der Waals surface area (Å²) in [6.45, 7) is 8.40. The van der Waals surface area contributed by atoms with Crippen LogP contribution in [0, 0.1) is 6.92 Å². The topological polar surface area (TPSA) is 42.4 Å². The van der Waals surface area contributed by atoms with Crippen molar-refractivity contribution in [2.24, 2.45) is 0 Å². The first-order valence-corrected chi connectivity index (χ1v) is 6.75. The first-order chi connectivity index (χ1) is 9.41. The number of hydrogen-bond donors (Lipinski definition) is 1. The van der Waals surface area contributed by atoms with Gasteiger partial charge < -0.3 is 9.84 Å². The lowest BCUT2D eigenvalue weighted by atomic mass is 9.86. The third-order valence-electron chi connectivity index (χ3n) is 3.17. The Morgan fingerprint density at radius 2 is 1.95 bits per heavy atom. The van der Waals surface area contributed by atoms with Gasteiger partial charge in [0.05, 0.1) is 6.61 Å². The van der Waals surface area contributed by atoms with E-state index in [-0.39, 0.29) is 12.0 Å². The van der Waals surface area contributed by atoms with Crippen LogP contribution < -0.4 is 4.74 Å². The van der Waals surface area contributed by atoms with Crippen LogP contribution in [0.2, 0.25) is 0 Å². The first kappa shape index (κ1) is 14.5. The molecule has 3 nitrogen and oxygen atoms in total. The van der Waals surface area contributed by atoms with Gasteiger partial charge in [-0.15, -0.1) is 0 Å². The van der Waals surface area contributed by atoms with Crippen LogP contribution in [0.15, 0.2) is 36.5 Å². The molecule has 0 saturated heterocycles. The van der Waals surface area contributed by atoms with Gasteiger partial charge in [0, 0.05) is 17.3 Å². The lowest BCUT2D eigenvalue weighted by Crippen LogP contribution is -2.13. The highest BCUT2D eigenvalue weighted by Crippen LogP contribution is 2.35. The van der Waals surface area contributed by atoms with E-state index in [9.17, 15) is 5.11 Å². The number of rotatable bonds is 3. The molecule has 2 aromatic rings. The highest BCUT2D eigenvalue weighted by molar-refractivity contribution is 5.44. The minimum absolute atomic E-state index is 0.0167. The summed E-state index contributed by atoms with van der Waals surface area (Å²) in [4.78, 5) is 4.22. The van der Waals surface area contributed by atoms with Crippen LogP contribution in [0.3, 0.4) is 0 Å². The fraction of sp³-hybridized carbons (Fsp3) is 0.353. The molecule has 0 unspecified atom stereocenters. The summed E-state index contributed by atoms with van der Waals surface area (Å²) >= 11 is 0. The van der Waals surface area contributed by atoms with Gasteiger partial charge in [-0.05, 0) is 36.1 Å². The van der Waals surface area contributed by atoms with Crippen molar-refractivity contribution >= 4 is 0 Å². The molecule has 0 radical (unpaired) electrons. The predicted molar refractivity (Wildman–Crippen MR) is 80.1 cm³/mol. The van der Waals surface area contributed by atoms with E-state index in [0.717, 1.165) is 16.9 Å². The molecule has 3 heteroatoms. The number of aliphatic hydroxyl groups excluding tert-OH is 1. The largest absolute Gasteiger partial charge is 0.438 e. The normalized spacial score (nSPS) is 11.4. The average Bonchev–Trinajstić information content (AvgIpc) is 2.38. The van der Waals surface area contributed by atoms with Crippen LogP contribution in [-0.2, 0) is 12.0 Å². The summed E-state index contributed by atoms with van der Waals surface area (Å²) in [6, 6.07) is 9.79.